The zero-order chi connectivity index (χ0) is 17.4. The molecular weight excluding hydrogens is 284 g/mol. The van der Waals surface area contributed by atoms with Gasteiger partial charge in [0.25, 0.3) is 0 Å². The molecular formula is C21H42O2. The maximum atomic E-state index is 12.0. The summed E-state index contributed by atoms with van der Waals surface area (Å²) in [5, 5.41) is 9.89. The summed E-state index contributed by atoms with van der Waals surface area (Å²) >= 11 is 0. The predicted molar refractivity (Wildman–Crippen MR) is 101 cm³/mol. The van der Waals surface area contributed by atoms with E-state index in [0.29, 0.717) is 0 Å². The van der Waals surface area contributed by atoms with Crippen LogP contribution in [0.1, 0.15) is 124 Å². The lowest BCUT2D eigenvalue weighted by molar-refractivity contribution is -0.150. The fourth-order valence-electron chi connectivity index (χ4n) is 3.52. The van der Waals surface area contributed by atoms with Gasteiger partial charge in [-0.2, -0.15) is 0 Å². The molecule has 1 N–H and O–H groups in total. The maximum Gasteiger partial charge on any atom is 0.309 e. The number of carbonyl (C=O) groups is 1. The lowest BCUT2D eigenvalue weighted by atomic mass is 9.74. The fourth-order valence-corrected chi connectivity index (χ4v) is 3.52. The van der Waals surface area contributed by atoms with Crippen LogP contribution in [0, 0.1) is 5.41 Å². The molecule has 0 aromatic carbocycles. The van der Waals surface area contributed by atoms with Crippen molar-refractivity contribution in [2.75, 3.05) is 0 Å². The molecule has 2 heteroatoms. The van der Waals surface area contributed by atoms with Crippen molar-refractivity contribution in [1.82, 2.24) is 0 Å². The Bertz CT molecular complexity index is 275. The quantitative estimate of drug-likeness (QED) is 0.283. The number of hydrogen-bond donors (Lipinski definition) is 1. The molecule has 1 atom stereocenters. The number of unbranched alkanes of at least 4 members (excludes halogenated alkanes) is 10. The molecule has 0 amide bonds. The number of aliphatic carboxylic acids is 1. The molecule has 0 saturated carbocycles. The second-order valence-corrected chi connectivity index (χ2v) is 7.37. The van der Waals surface area contributed by atoms with Gasteiger partial charge in [-0.05, 0) is 19.3 Å². The molecule has 0 bridgehead atoms. The van der Waals surface area contributed by atoms with E-state index in [-0.39, 0.29) is 0 Å². The van der Waals surface area contributed by atoms with E-state index in [2.05, 4.69) is 20.8 Å². The highest BCUT2D eigenvalue weighted by atomic mass is 16.4. The molecule has 0 spiro atoms. The highest BCUT2D eigenvalue weighted by Crippen LogP contribution is 2.37. The normalized spacial score (nSPS) is 13.9. The highest BCUT2D eigenvalue weighted by molar-refractivity contribution is 5.74. The topological polar surface area (TPSA) is 37.3 Å². The van der Waals surface area contributed by atoms with E-state index in [9.17, 15) is 9.90 Å². The van der Waals surface area contributed by atoms with Crippen molar-refractivity contribution in [2.24, 2.45) is 5.41 Å². The molecule has 0 heterocycles. The molecule has 0 aliphatic heterocycles. The molecule has 0 aromatic rings. The first-order chi connectivity index (χ1) is 11.1. The van der Waals surface area contributed by atoms with Crippen molar-refractivity contribution >= 4 is 5.97 Å². The number of carboxylic acid groups (broad SMARTS) is 1. The van der Waals surface area contributed by atoms with Gasteiger partial charge in [-0.15, -0.1) is 0 Å². The Balaban J connectivity index is 4.35. The first kappa shape index (κ1) is 22.5. The molecule has 0 rings (SSSR count). The van der Waals surface area contributed by atoms with Crippen LogP contribution in [0.15, 0.2) is 0 Å². The van der Waals surface area contributed by atoms with Gasteiger partial charge in [0.2, 0.25) is 0 Å². The molecule has 0 saturated heterocycles. The summed E-state index contributed by atoms with van der Waals surface area (Å²) in [5.74, 6) is -0.532. The second-order valence-electron chi connectivity index (χ2n) is 7.37. The Labute approximate surface area is 145 Å². The average molecular weight is 327 g/mol. The monoisotopic (exact) mass is 326 g/mol. The first-order valence-corrected chi connectivity index (χ1v) is 10.4. The fraction of sp³-hybridized carbons (Fsp3) is 0.952. The van der Waals surface area contributed by atoms with Crippen molar-refractivity contribution in [3.05, 3.63) is 0 Å². The zero-order valence-corrected chi connectivity index (χ0v) is 16.2. The summed E-state index contributed by atoms with van der Waals surface area (Å²) in [6, 6.07) is 0. The van der Waals surface area contributed by atoms with Gasteiger partial charge in [0, 0.05) is 0 Å². The Morgan fingerprint density at radius 2 is 0.957 bits per heavy atom. The smallest absolute Gasteiger partial charge is 0.309 e. The summed E-state index contributed by atoms with van der Waals surface area (Å²) in [5.41, 5.74) is -0.438. The van der Waals surface area contributed by atoms with E-state index < -0.39 is 11.4 Å². The molecule has 0 aromatic heterocycles. The summed E-state index contributed by atoms with van der Waals surface area (Å²) in [6.07, 6.45) is 18.4. The van der Waals surface area contributed by atoms with Crippen LogP contribution in [0.4, 0.5) is 0 Å². The Kier molecular flexibility index (Phi) is 14.7. The van der Waals surface area contributed by atoms with E-state index >= 15 is 0 Å². The molecule has 2 nitrogen and oxygen atoms in total. The third-order valence-electron chi connectivity index (χ3n) is 5.23. The van der Waals surface area contributed by atoms with Crippen LogP contribution >= 0.6 is 0 Å². The Hall–Kier alpha value is -0.530. The molecule has 0 fully saturated rings. The van der Waals surface area contributed by atoms with Gasteiger partial charge in [-0.3, -0.25) is 4.79 Å². The van der Waals surface area contributed by atoms with Gasteiger partial charge >= 0.3 is 5.97 Å². The lowest BCUT2D eigenvalue weighted by Crippen LogP contribution is -2.31. The van der Waals surface area contributed by atoms with E-state index in [4.69, 9.17) is 0 Å². The summed E-state index contributed by atoms with van der Waals surface area (Å²) in [7, 11) is 0. The minimum Gasteiger partial charge on any atom is -0.481 e. The van der Waals surface area contributed by atoms with Gasteiger partial charge in [0.15, 0.2) is 0 Å². The number of hydrogen-bond acceptors (Lipinski definition) is 1. The standard InChI is InChI=1S/C21H42O2/c1-4-7-10-12-14-16-19-21(20(22)23,17-9-6-3)18-15-13-11-8-5-2/h4-19H2,1-3H3,(H,22,23). The van der Waals surface area contributed by atoms with E-state index in [1.54, 1.807) is 0 Å². The third-order valence-corrected chi connectivity index (χ3v) is 5.23. The SMILES string of the molecule is CCCCCCCCC(CCCC)(CCCCCCC)C(=O)O. The first-order valence-electron chi connectivity index (χ1n) is 10.4. The number of rotatable bonds is 17. The number of carboxylic acids is 1. The van der Waals surface area contributed by atoms with Crippen LogP contribution < -0.4 is 0 Å². The van der Waals surface area contributed by atoms with Gasteiger partial charge in [-0.1, -0.05) is 104 Å². The zero-order valence-electron chi connectivity index (χ0n) is 16.2. The Morgan fingerprint density at radius 3 is 1.35 bits per heavy atom. The lowest BCUT2D eigenvalue weighted by Gasteiger charge is -2.30. The summed E-state index contributed by atoms with van der Waals surface area (Å²) in [4.78, 5) is 12.0. The largest absolute Gasteiger partial charge is 0.481 e. The van der Waals surface area contributed by atoms with Gasteiger partial charge in [-0.25, -0.2) is 0 Å². The van der Waals surface area contributed by atoms with Crippen molar-refractivity contribution in [2.45, 2.75) is 124 Å². The molecule has 138 valence electrons. The van der Waals surface area contributed by atoms with E-state index in [0.717, 1.165) is 44.9 Å². The van der Waals surface area contributed by atoms with E-state index in [1.807, 2.05) is 0 Å². The minimum absolute atomic E-state index is 0.438. The third kappa shape index (κ3) is 10.8. The minimum atomic E-state index is -0.532. The summed E-state index contributed by atoms with van der Waals surface area (Å²) < 4.78 is 0. The Morgan fingerprint density at radius 1 is 0.609 bits per heavy atom. The predicted octanol–water partition coefficient (Wildman–Crippen LogP) is 7.36. The van der Waals surface area contributed by atoms with Gasteiger partial charge in [0.1, 0.15) is 0 Å². The van der Waals surface area contributed by atoms with Crippen molar-refractivity contribution < 1.29 is 9.90 Å². The van der Waals surface area contributed by atoms with Gasteiger partial charge < -0.3 is 5.11 Å². The molecule has 23 heavy (non-hydrogen) atoms. The van der Waals surface area contributed by atoms with Crippen LogP contribution in [0.25, 0.3) is 0 Å². The average Bonchev–Trinajstić information content (AvgIpc) is 2.54. The van der Waals surface area contributed by atoms with Crippen molar-refractivity contribution in [3.63, 3.8) is 0 Å². The van der Waals surface area contributed by atoms with Crippen LogP contribution in [-0.4, -0.2) is 11.1 Å². The molecule has 1 unspecified atom stereocenters. The van der Waals surface area contributed by atoms with Crippen LogP contribution in [0.2, 0.25) is 0 Å². The van der Waals surface area contributed by atoms with Crippen LogP contribution in [-0.2, 0) is 4.79 Å². The van der Waals surface area contributed by atoms with Crippen LogP contribution in [0.3, 0.4) is 0 Å². The molecule has 0 aliphatic carbocycles. The van der Waals surface area contributed by atoms with E-state index in [1.165, 1.54) is 57.8 Å². The van der Waals surface area contributed by atoms with Gasteiger partial charge in [0.05, 0.1) is 5.41 Å². The summed E-state index contributed by atoms with van der Waals surface area (Å²) in [6.45, 7) is 6.62. The van der Waals surface area contributed by atoms with Crippen molar-refractivity contribution in [3.8, 4) is 0 Å². The highest BCUT2D eigenvalue weighted by Gasteiger charge is 2.36. The van der Waals surface area contributed by atoms with Crippen LogP contribution in [0.5, 0.6) is 0 Å². The van der Waals surface area contributed by atoms with Crippen molar-refractivity contribution in [1.29, 1.82) is 0 Å². The molecule has 0 aliphatic rings. The maximum absolute atomic E-state index is 12.0. The molecule has 0 radical (unpaired) electrons. The second kappa shape index (κ2) is 15.0.